The average Bonchev–Trinajstić information content (AvgIpc) is 2.75. The van der Waals surface area contributed by atoms with Gasteiger partial charge in [-0.25, -0.2) is 0 Å². The number of carbonyl (C=O) groups excluding carboxylic acids is 1. The Labute approximate surface area is 125 Å². The van der Waals surface area contributed by atoms with Crippen LogP contribution in [0.15, 0.2) is 24.5 Å². The van der Waals surface area contributed by atoms with E-state index in [4.69, 9.17) is 10.5 Å². The lowest BCUT2D eigenvalue weighted by molar-refractivity contribution is -0.767. The molecule has 122 valence electrons. The summed E-state index contributed by atoms with van der Waals surface area (Å²) in [6, 6.07) is 2.92. The van der Waals surface area contributed by atoms with Crippen LogP contribution >= 0.6 is 7.82 Å². The molecular formula is C11H15N2O8P. The number of primary amides is 1. The Morgan fingerprint density at radius 1 is 1.50 bits per heavy atom. The number of phosphoric acid groups is 1. The first-order valence-corrected chi connectivity index (χ1v) is 7.58. The van der Waals surface area contributed by atoms with E-state index in [9.17, 15) is 24.5 Å². The molecule has 10 nitrogen and oxygen atoms in total. The van der Waals surface area contributed by atoms with Crippen LogP contribution < -0.4 is 15.2 Å². The normalized spacial score (nSPS) is 30.9. The molecule has 1 unspecified atom stereocenters. The molecule has 0 saturated carbocycles. The third-order valence-corrected chi connectivity index (χ3v) is 3.96. The van der Waals surface area contributed by atoms with Crippen LogP contribution in [-0.4, -0.2) is 41.7 Å². The number of carbonyl (C=O) groups is 1. The lowest BCUT2D eigenvalue weighted by atomic mass is 10.2. The van der Waals surface area contributed by atoms with E-state index in [1.165, 1.54) is 29.1 Å². The molecule has 0 aliphatic carbocycles. The number of nitrogens with two attached hydrogens (primary N) is 1. The fourth-order valence-electron chi connectivity index (χ4n) is 1.93. The van der Waals surface area contributed by atoms with E-state index in [0.29, 0.717) is 0 Å². The monoisotopic (exact) mass is 334 g/mol. The second kappa shape index (κ2) is 6.39. The topological polar surface area (TPSA) is 155 Å². The van der Waals surface area contributed by atoms with Gasteiger partial charge in [-0.15, -0.1) is 0 Å². The minimum atomic E-state index is -4.66. The number of ether oxygens (including phenoxy) is 1. The maximum Gasteiger partial charge on any atom is 0.294 e. The van der Waals surface area contributed by atoms with Crippen molar-refractivity contribution in [2.45, 2.75) is 24.7 Å². The van der Waals surface area contributed by atoms with Crippen molar-refractivity contribution in [2.75, 3.05) is 7.11 Å². The Morgan fingerprint density at radius 3 is 2.77 bits per heavy atom. The van der Waals surface area contributed by atoms with Crippen LogP contribution in [0.5, 0.6) is 0 Å². The van der Waals surface area contributed by atoms with Gasteiger partial charge in [-0.2, -0.15) is 4.57 Å². The number of phosphoric ester groups is 1. The van der Waals surface area contributed by atoms with Gasteiger partial charge in [0.05, 0.1) is 0 Å². The molecule has 1 fully saturated rings. The molecular weight excluding hydrogens is 319 g/mol. The van der Waals surface area contributed by atoms with Gasteiger partial charge >= 0.3 is 0 Å². The number of hydrogen-bond donors (Lipinski definition) is 3. The molecule has 1 aromatic rings. The van der Waals surface area contributed by atoms with Crippen LogP contribution in [0.4, 0.5) is 0 Å². The average molecular weight is 334 g/mol. The first kappa shape index (κ1) is 17.0. The third-order valence-electron chi connectivity index (χ3n) is 3.05. The summed E-state index contributed by atoms with van der Waals surface area (Å²) in [6.45, 7) is 0. The molecule has 2 rings (SSSR count). The number of amides is 1. The molecule has 0 bridgehead atoms. The van der Waals surface area contributed by atoms with Crippen molar-refractivity contribution in [1.82, 2.24) is 0 Å². The molecule has 1 aliphatic heterocycles. The smallest absolute Gasteiger partial charge is 0.294 e. The van der Waals surface area contributed by atoms with Crippen molar-refractivity contribution in [3.63, 3.8) is 0 Å². The van der Waals surface area contributed by atoms with E-state index >= 15 is 0 Å². The van der Waals surface area contributed by atoms with Crippen molar-refractivity contribution in [3.8, 4) is 0 Å². The fraction of sp³-hybridized carbons (Fsp3) is 0.455. The molecule has 5 atom stereocenters. The number of aromatic nitrogens is 1. The van der Waals surface area contributed by atoms with Crippen LogP contribution in [0.2, 0.25) is 0 Å². The summed E-state index contributed by atoms with van der Waals surface area (Å²) in [7, 11) is -3.78. The number of rotatable bonds is 5. The number of nitrogens with zero attached hydrogens (tertiary/aromatic N) is 1. The van der Waals surface area contributed by atoms with E-state index in [2.05, 4.69) is 9.05 Å². The van der Waals surface area contributed by atoms with Gasteiger partial charge in [0.25, 0.3) is 20.0 Å². The summed E-state index contributed by atoms with van der Waals surface area (Å²) in [6.07, 6.45) is -3.20. The van der Waals surface area contributed by atoms with E-state index in [0.717, 1.165) is 7.11 Å². The summed E-state index contributed by atoms with van der Waals surface area (Å²) >= 11 is 0. The van der Waals surface area contributed by atoms with Gasteiger partial charge in [0.15, 0.2) is 18.5 Å². The largest absolute Gasteiger partial charge is 0.756 e. The van der Waals surface area contributed by atoms with Gasteiger partial charge in [0.1, 0.15) is 11.7 Å². The molecule has 4 N–H and O–H groups in total. The van der Waals surface area contributed by atoms with Crippen LogP contribution in [0.25, 0.3) is 0 Å². The van der Waals surface area contributed by atoms with Gasteiger partial charge in [-0.3, -0.25) is 18.6 Å². The summed E-state index contributed by atoms with van der Waals surface area (Å²) in [4.78, 5) is 22.4. The Morgan fingerprint density at radius 2 is 2.18 bits per heavy atom. The second-order valence-corrected chi connectivity index (χ2v) is 5.99. The predicted molar refractivity (Wildman–Crippen MR) is 66.8 cm³/mol. The highest BCUT2D eigenvalue weighted by Crippen LogP contribution is 2.42. The van der Waals surface area contributed by atoms with E-state index in [1.807, 2.05) is 0 Å². The molecule has 22 heavy (non-hydrogen) atoms. The molecule has 2 heterocycles. The number of hydrogen-bond acceptors (Lipinski definition) is 8. The Bertz CT molecular complexity index is 612. The summed E-state index contributed by atoms with van der Waals surface area (Å²) in [5.74, 6) is -0.696. The summed E-state index contributed by atoms with van der Waals surface area (Å²) < 4.78 is 26.3. The molecule has 11 heteroatoms. The highest BCUT2D eigenvalue weighted by atomic mass is 31.2. The first-order chi connectivity index (χ1) is 10.2. The summed E-state index contributed by atoms with van der Waals surface area (Å²) in [5, 5.41) is 19.8. The van der Waals surface area contributed by atoms with Gasteiger partial charge in [0.2, 0.25) is 6.29 Å². The lowest BCUT2D eigenvalue weighted by Gasteiger charge is -2.24. The van der Waals surface area contributed by atoms with E-state index in [-0.39, 0.29) is 5.56 Å². The maximum absolute atomic E-state index is 11.2. The second-order valence-electron chi connectivity index (χ2n) is 4.52. The third kappa shape index (κ3) is 3.50. The molecule has 1 amide bonds. The Kier molecular flexibility index (Phi) is 4.93. The van der Waals surface area contributed by atoms with Crippen molar-refractivity contribution >= 4 is 13.7 Å². The minimum absolute atomic E-state index is 0.142. The van der Waals surface area contributed by atoms with Crippen molar-refractivity contribution < 1.29 is 42.8 Å². The predicted octanol–water partition coefficient (Wildman–Crippen LogP) is -2.22. The van der Waals surface area contributed by atoms with E-state index < -0.39 is 38.5 Å². The SMILES string of the molecule is COP(=O)([O-])O[C@H]1O[C@@H]([n+]2cccc(C(N)=O)c2)[C@H](O)[C@@H]1O. The standard InChI is InChI=1S/C11H15N2O8P/c1-19-22(17,18)21-11-8(15)7(14)10(20-11)13-4-2-3-6(5-13)9(12)16/h2-5,7-8,10-11,14-15H,1H3,(H2-,12,16,17,18)/t7-,8+,10-,11-/m1/s1. The Hall–Kier alpha value is -1.39. The van der Waals surface area contributed by atoms with Gasteiger partial charge in [0, 0.05) is 13.2 Å². The van der Waals surface area contributed by atoms with Crippen molar-refractivity contribution in [2.24, 2.45) is 5.73 Å². The van der Waals surface area contributed by atoms with Crippen molar-refractivity contribution in [1.29, 1.82) is 0 Å². The molecule has 1 saturated heterocycles. The number of aliphatic hydroxyl groups excluding tert-OH is 2. The van der Waals surface area contributed by atoms with Crippen LogP contribution in [0, 0.1) is 0 Å². The zero-order valence-corrected chi connectivity index (χ0v) is 12.3. The Balaban J connectivity index is 2.21. The molecule has 0 aromatic carbocycles. The van der Waals surface area contributed by atoms with Crippen LogP contribution in [-0.2, 0) is 18.3 Å². The van der Waals surface area contributed by atoms with E-state index in [1.54, 1.807) is 0 Å². The number of pyridine rings is 1. The summed E-state index contributed by atoms with van der Waals surface area (Å²) in [5.41, 5.74) is 5.29. The van der Waals surface area contributed by atoms with Crippen LogP contribution in [0.3, 0.4) is 0 Å². The zero-order valence-electron chi connectivity index (χ0n) is 11.4. The first-order valence-electron chi connectivity index (χ1n) is 6.12. The molecule has 0 radical (unpaired) electrons. The van der Waals surface area contributed by atoms with Crippen LogP contribution in [0.1, 0.15) is 16.6 Å². The highest BCUT2D eigenvalue weighted by molar-refractivity contribution is 7.45. The van der Waals surface area contributed by atoms with Gasteiger partial charge < -0.3 is 25.4 Å². The molecule has 1 aliphatic rings. The highest BCUT2D eigenvalue weighted by Gasteiger charge is 2.50. The number of aliphatic hydroxyl groups is 2. The fourth-order valence-corrected chi connectivity index (χ4v) is 2.44. The molecule has 1 aromatic heterocycles. The van der Waals surface area contributed by atoms with Gasteiger partial charge in [-0.1, -0.05) is 0 Å². The zero-order chi connectivity index (χ0) is 16.5. The maximum atomic E-state index is 11.2. The van der Waals surface area contributed by atoms with Crippen molar-refractivity contribution in [3.05, 3.63) is 30.1 Å². The minimum Gasteiger partial charge on any atom is -0.756 e. The quantitative estimate of drug-likeness (QED) is 0.404. The lowest BCUT2D eigenvalue weighted by Crippen LogP contribution is -2.46. The van der Waals surface area contributed by atoms with Gasteiger partial charge in [-0.05, 0) is 6.07 Å². The molecule has 0 spiro atoms.